The summed E-state index contributed by atoms with van der Waals surface area (Å²) in [6.07, 6.45) is 3.33. The van der Waals surface area contributed by atoms with Crippen LogP contribution in [0.5, 0.6) is 0 Å². The van der Waals surface area contributed by atoms with E-state index < -0.39 is 9.84 Å². The van der Waals surface area contributed by atoms with Gasteiger partial charge in [0.2, 0.25) is 5.95 Å². The minimum Gasteiger partial charge on any atom is -0.353 e. The molecule has 1 aliphatic rings. The molecule has 124 valence electrons. The molecule has 1 aliphatic heterocycles. The minimum atomic E-state index is -3.05. The number of sulfone groups is 1. The molecule has 24 heavy (non-hydrogen) atoms. The van der Waals surface area contributed by atoms with Crippen LogP contribution in [0, 0.1) is 11.5 Å². The third-order valence-electron chi connectivity index (χ3n) is 3.73. The largest absolute Gasteiger partial charge is 0.353 e. The van der Waals surface area contributed by atoms with Crippen LogP contribution in [0.25, 0.3) is 11.3 Å². The Kier molecular flexibility index (Phi) is 4.36. The lowest BCUT2D eigenvalue weighted by molar-refractivity contribution is 0.415. The van der Waals surface area contributed by atoms with Gasteiger partial charge in [-0.15, -0.1) is 0 Å². The van der Waals surface area contributed by atoms with Crippen molar-refractivity contribution in [3.05, 3.63) is 41.6 Å². The highest BCUT2D eigenvalue weighted by molar-refractivity contribution is 7.90. The molecule has 0 unspecified atom stereocenters. The van der Waals surface area contributed by atoms with Gasteiger partial charge in [0, 0.05) is 23.9 Å². The van der Waals surface area contributed by atoms with E-state index in [-0.39, 0.29) is 12.3 Å². The molecule has 8 heteroatoms. The van der Waals surface area contributed by atoms with Crippen molar-refractivity contribution in [3.8, 4) is 17.5 Å². The van der Waals surface area contributed by atoms with E-state index in [0.717, 1.165) is 22.5 Å². The summed E-state index contributed by atoms with van der Waals surface area (Å²) in [6, 6.07) is 9.70. The number of hydrogen-bond acceptors (Lipinski definition) is 7. The van der Waals surface area contributed by atoms with Crippen molar-refractivity contribution in [2.75, 3.05) is 23.9 Å². The van der Waals surface area contributed by atoms with Gasteiger partial charge in [-0.25, -0.2) is 18.4 Å². The number of anilines is 1. The highest BCUT2D eigenvalue weighted by Crippen LogP contribution is 2.30. The van der Waals surface area contributed by atoms with Crippen molar-refractivity contribution in [3.63, 3.8) is 0 Å². The van der Waals surface area contributed by atoms with Gasteiger partial charge in [0.15, 0.2) is 6.19 Å². The second-order valence-electron chi connectivity index (χ2n) is 5.70. The van der Waals surface area contributed by atoms with Crippen LogP contribution < -0.4 is 5.32 Å². The van der Waals surface area contributed by atoms with E-state index in [4.69, 9.17) is 5.26 Å². The molecule has 0 radical (unpaired) electrons. The monoisotopic (exact) mass is 343 g/mol. The number of hydrogen-bond donors (Lipinski definition) is 1. The Morgan fingerprint density at radius 1 is 1.25 bits per heavy atom. The molecule has 1 aromatic heterocycles. The fourth-order valence-corrected chi connectivity index (χ4v) is 3.06. The van der Waals surface area contributed by atoms with E-state index in [0.29, 0.717) is 19.0 Å². The Morgan fingerprint density at radius 2 is 2.00 bits per heavy atom. The van der Waals surface area contributed by atoms with E-state index in [2.05, 4.69) is 21.5 Å². The van der Waals surface area contributed by atoms with Gasteiger partial charge < -0.3 is 10.2 Å². The van der Waals surface area contributed by atoms with E-state index in [1.807, 2.05) is 30.3 Å². The standard InChI is InChI=1S/C16H17N5O2S/c1-24(22,23)8-7-18-16-19-14-10-21(11-17)9-13(14)15(20-16)12-5-3-2-4-6-12/h2-6H,7-10H2,1H3,(H,18,19,20). The van der Waals surface area contributed by atoms with E-state index in [9.17, 15) is 8.42 Å². The zero-order valence-corrected chi connectivity index (χ0v) is 14.0. The highest BCUT2D eigenvalue weighted by Gasteiger charge is 2.25. The second kappa shape index (κ2) is 6.45. The third-order valence-corrected chi connectivity index (χ3v) is 4.67. The number of nitrogens with one attached hydrogen (secondary N) is 1. The lowest BCUT2D eigenvalue weighted by atomic mass is 10.1. The van der Waals surface area contributed by atoms with Crippen molar-refractivity contribution in [1.29, 1.82) is 5.26 Å². The summed E-state index contributed by atoms with van der Waals surface area (Å²) in [5.41, 5.74) is 3.46. The van der Waals surface area contributed by atoms with Crippen LogP contribution in [0.1, 0.15) is 11.3 Å². The Balaban J connectivity index is 1.94. The highest BCUT2D eigenvalue weighted by atomic mass is 32.2. The van der Waals surface area contributed by atoms with E-state index in [1.54, 1.807) is 4.90 Å². The maximum absolute atomic E-state index is 11.3. The number of benzene rings is 1. The number of nitriles is 1. The average molecular weight is 343 g/mol. The second-order valence-corrected chi connectivity index (χ2v) is 7.96. The molecule has 2 heterocycles. The lowest BCUT2D eigenvalue weighted by Crippen LogP contribution is -2.16. The molecule has 1 aromatic carbocycles. The topological polar surface area (TPSA) is 99.0 Å². The van der Waals surface area contributed by atoms with Crippen LogP contribution in [0.15, 0.2) is 30.3 Å². The molecule has 0 aliphatic carbocycles. The average Bonchev–Trinajstić information content (AvgIpc) is 2.97. The first-order valence-corrected chi connectivity index (χ1v) is 9.54. The molecule has 0 spiro atoms. The Hall–Kier alpha value is -2.66. The van der Waals surface area contributed by atoms with Crippen LogP contribution >= 0.6 is 0 Å². The van der Waals surface area contributed by atoms with Gasteiger partial charge in [0.05, 0.1) is 30.2 Å². The molecule has 1 N–H and O–H groups in total. The van der Waals surface area contributed by atoms with Crippen LogP contribution in [0.2, 0.25) is 0 Å². The van der Waals surface area contributed by atoms with Gasteiger partial charge in [0.25, 0.3) is 0 Å². The van der Waals surface area contributed by atoms with Crippen LogP contribution in [0.4, 0.5) is 5.95 Å². The SMILES string of the molecule is CS(=O)(=O)CCNc1nc2c(c(-c3ccccc3)n1)CN(C#N)C2. The van der Waals surface area contributed by atoms with Gasteiger partial charge in [-0.2, -0.15) is 5.26 Å². The molecule has 0 saturated heterocycles. The molecular weight excluding hydrogens is 326 g/mol. The predicted molar refractivity (Wildman–Crippen MR) is 90.5 cm³/mol. The fourth-order valence-electron chi connectivity index (χ4n) is 2.59. The Bertz CT molecular complexity index is 891. The zero-order valence-electron chi connectivity index (χ0n) is 13.2. The molecule has 3 rings (SSSR count). The summed E-state index contributed by atoms with van der Waals surface area (Å²) in [7, 11) is -3.05. The number of nitrogens with zero attached hydrogens (tertiary/aromatic N) is 4. The van der Waals surface area contributed by atoms with Gasteiger partial charge in [-0.05, 0) is 0 Å². The van der Waals surface area contributed by atoms with Crippen molar-refractivity contribution in [1.82, 2.24) is 14.9 Å². The first-order chi connectivity index (χ1) is 11.5. The van der Waals surface area contributed by atoms with Gasteiger partial charge >= 0.3 is 0 Å². The maximum Gasteiger partial charge on any atom is 0.223 e. The molecule has 2 aromatic rings. The number of rotatable bonds is 5. The fraction of sp³-hybridized carbons (Fsp3) is 0.312. The molecule has 7 nitrogen and oxygen atoms in total. The summed E-state index contributed by atoms with van der Waals surface area (Å²) in [5, 5.41) is 12.1. The van der Waals surface area contributed by atoms with Crippen molar-refractivity contribution < 1.29 is 8.42 Å². The summed E-state index contributed by atoms with van der Waals surface area (Å²) in [5.74, 6) is 0.398. The normalized spacial score (nSPS) is 13.4. The lowest BCUT2D eigenvalue weighted by Gasteiger charge is -2.10. The van der Waals surface area contributed by atoms with Crippen molar-refractivity contribution in [2.24, 2.45) is 0 Å². The van der Waals surface area contributed by atoms with Gasteiger partial charge in [0.1, 0.15) is 9.84 Å². The zero-order chi connectivity index (χ0) is 17.2. The number of fused-ring (bicyclic) bond motifs is 1. The van der Waals surface area contributed by atoms with Gasteiger partial charge in [-0.1, -0.05) is 30.3 Å². The quantitative estimate of drug-likeness (QED) is 0.819. The minimum absolute atomic E-state index is 0.0123. The first-order valence-electron chi connectivity index (χ1n) is 7.48. The molecule has 0 bridgehead atoms. The first kappa shape index (κ1) is 16.2. The maximum atomic E-state index is 11.3. The molecular formula is C16H17N5O2S. The molecule has 0 atom stereocenters. The predicted octanol–water partition coefficient (Wildman–Crippen LogP) is 1.40. The van der Waals surface area contributed by atoms with Crippen LogP contribution in [-0.4, -0.2) is 41.8 Å². The van der Waals surface area contributed by atoms with E-state index >= 15 is 0 Å². The summed E-state index contributed by atoms with van der Waals surface area (Å²) < 4.78 is 22.5. The van der Waals surface area contributed by atoms with Crippen LogP contribution in [0.3, 0.4) is 0 Å². The Morgan fingerprint density at radius 3 is 2.67 bits per heavy atom. The number of aromatic nitrogens is 2. The molecule has 0 fully saturated rings. The summed E-state index contributed by atoms with van der Waals surface area (Å²) >= 11 is 0. The molecule has 0 amide bonds. The Labute approximate surface area is 140 Å². The van der Waals surface area contributed by atoms with Gasteiger partial charge in [-0.3, -0.25) is 0 Å². The van der Waals surface area contributed by atoms with Crippen molar-refractivity contribution >= 4 is 15.8 Å². The smallest absolute Gasteiger partial charge is 0.223 e. The van der Waals surface area contributed by atoms with Crippen molar-refractivity contribution in [2.45, 2.75) is 13.1 Å². The molecule has 0 saturated carbocycles. The summed E-state index contributed by atoms with van der Waals surface area (Å²) in [6.45, 7) is 1.17. The summed E-state index contributed by atoms with van der Waals surface area (Å²) in [4.78, 5) is 10.6. The third kappa shape index (κ3) is 3.63. The van der Waals surface area contributed by atoms with Crippen LogP contribution in [-0.2, 0) is 22.9 Å². The van der Waals surface area contributed by atoms with E-state index in [1.165, 1.54) is 6.26 Å².